The zero-order chi connectivity index (χ0) is 8.81. The fourth-order valence-corrected chi connectivity index (χ4v) is 1.10. The smallest absolute Gasteiger partial charge is 0.0224 e. The molecule has 1 nitrogen and oxygen atoms in total. The Morgan fingerprint density at radius 3 is 2.46 bits per heavy atom. The van der Waals surface area contributed by atoms with E-state index in [1.54, 1.807) is 6.08 Å². The van der Waals surface area contributed by atoms with Gasteiger partial charge in [0.2, 0.25) is 0 Å². The quantitative estimate of drug-likeness (QED) is 0.738. The standard InChI is InChI=1S/C11H15N.ClH/c1-2-11(12)9-8-10-6-4-3-5-7-10;/h2-7,11H,1,8-9,12H2;1H. The van der Waals surface area contributed by atoms with E-state index in [9.17, 15) is 0 Å². The van der Waals surface area contributed by atoms with Crippen LogP contribution in [0.3, 0.4) is 0 Å². The van der Waals surface area contributed by atoms with Crippen molar-refractivity contribution in [1.29, 1.82) is 0 Å². The van der Waals surface area contributed by atoms with Gasteiger partial charge in [-0.2, -0.15) is 0 Å². The van der Waals surface area contributed by atoms with E-state index >= 15 is 0 Å². The summed E-state index contributed by atoms with van der Waals surface area (Å²) >= 11 is 0. The van der Waals surface area contributed by atoms with Crippen LogP contribution in [0.5, 0.6) is 0 Å². The van der Waals surface area contributed by atoms with Crippen LogP contribution in [-0.2, 0) is 6.42 Å². The molecule has 72 valence electrons. The summed E-state index contributed by atoms with van der Waals surface area (Å²) in [5, 5.41) is 0. The van der Waals surface area contributed by atoms with Crippen molar-refractivity contribution in [3.05, 3.63) is 48.6 Å². The van der Waals surface area contributed by atoms with Gasteiger partial charge in [-0.1, -0.05) is 36.4 Å². The SMILES string of the molecule is C=CC(N)CCc1ccccc1.Cl. The van der Waals surface area contributed by atoms with Gasteiger partial charge in [-0.15, -0.1) is 19.0 Å². The molecule has 2 N–H and O–H groups in total. The summed E-state index contributed by atoms with van der Waals surface area (Å²) in [6.07, 6.45) is 3.81. The van der Waals surface area contributed by atoms with Crippen LogP contribution in [0.2, 0.25) is 0 Å². The molecule has 0 aliphatic carbocycles. The number of nitrogens with two attached hydrogens (primary N) is 1. The van der Waals surface area contributed by atoms with Gasteiger partial charge in [0.1, 0.15) is 0 Å². The Kier molecular flexibility index (Phi) is 6.29. The molecular formula is C11H16ClN. The second kappa shape index (κ2) is 6.70. The van der Waals surface area contributed by atoms with Crippen molar-refractivity contribution in [3.63, 3.8) is 0 Å². The van der Waals surface area contributed by atoms with Crippen LogP contribution in [0.4, 0.5) is 0 Å². The normalized spacial score (nSPS) is 11.5. The van der Waals surface area contributed by atoms with Crippen LogP contribution in [0.15, 0.2) is 43.0 Å². The van der Waals surface area contributed by atoms with Crippen molar-refractivity contribution >= 4 is 12.4 Å². The first-order valence-corrected chi connectivity index (χ1v) is 4.25. The molecule has 1 unspecified atom stereocenters. The predicted molar refractivity (Wildman–Crippen MR) is 60.2 cm³/mol. The van der Waals surface area contributed by atoms with Crippen molar-refractivity contribution in [2.45, 2.75) is 18.9 Å². The van der Waals surface area contributed by atoms with Crippen LogP contribution in [0, 0.1) is 0 Å². The van der Waals surface area contributed by atoms with E-state index in [0.29, 0.717) is 0 Å². The molecule has 1 rings (SSSR count). The summed E-state index contributed by atoms with van der Waals surface area (Å²) in [4.78, 5) is 0. The second-order valence-electron chi connectivity index (χ2n) is 2.92. The summed E-state index contributed by atoms with van der Waals surface area (Å²) in [7, 11) is 0. The van der Waals surface area contributed by atoms with Gasteiger partial charge in [0.25, 0.3) is 0 Å². The number of hydrogen-bond donors (Lipinski definition) is 1. The van der Waals surface area contributed by atoms with Gasteiger partial charge in [0.15, 0.2) is 0 Å². The van der Waals surface area contributed by atoms with Crippen LogP contribution in [0.1, 0.15) is 12.0 Å². The highest BCUT2D eigenvalue weighted by Crippen LogP contribution is 2.03. The number of halogens is 1. The fourth-order valence-electron chi connectivity index (χ4n) is 1.10. The van der Waals surface area contributed by atoms with Crippen molar-refractivity contribution < 1.29 is 0 Å². The summed E-state index contributed by atoms with van der Waals surface area (Å²) < 4.78 is 0. The van der Waals surface area contributed by atoms with E-state index in [2.05, 4.69) is 30.8 Å². The van der Waals surface area contributed by atoms with Crippen LogP contribution >= 0.6 is 12.4 Å². The maximum Gasteiger partial charge on any atom is 0.0224 e. The summed E-state index contributed by atoms with van der Waals surface area (Å²) in [5.41, 5.74) is 7.05. The van der Waals surface area contributed by atoms with Gasteiger partial charge in [-0.25, -0.2) is 0 Å². The molecule has 1 aromatic carbocycles. The van der Waals surface area contributed by atoms with Crippen LogP contribution in [-0.4, -0.2) is 6.04 Å². The molecule has 0 aromatic heterocycles. The Hall–Kier alpha value is -0.790. The molecule has 0 aliphatic rings. The highest BCUT2D eigenvalue weighted by molar-refractivity contribution is 5.85. The summed E-state index contributed by atoms with van der Waals surface area (Å²) in [6, 6.07) is 10.5. The molecule has 0 spiro atoms. The molecule has 0 heterocycles. The molecule has 0 bridgehead atoms. The molecule has 2 heteroatoms. The molecule has 0 saturated carbocycles. The molecule has 0 amide bonds. The average Bonchev–Trinajstić information content (AvgIpc) is 2.16. The summed E-state index contributed by atoms with van der Waals surface area (Å²) in [6.45, 7) is 3.65. The number of hydrogen-bond acceptors (Lipinski definition) is 1. The Bertz CT molecular complexity index is 233. The topological polar surface area (TPSA) is 26.0 Å². The van der Waals surface area contributed by atoms with E-state index in [0.717, 1.165) is 12.8 Å². The van der Waals surface area contributed by atoms with Gasteiger partial charge >= 0.3 is 0 Å². The lowest BCUT2D eigenvalue weighted by Gasteiger charge is -2.04. The van der Waals surface area contributed by atoms with E-state index in [1.165, 1.54) is 5.56 Å². The molecule has 1 atom stereocenters. The highest BCUT2D eigenvalue weighted by atomic mass is 35.5. The number of benzene rings is 1. The third kappa shape index (κ3) is 4.71. The Balaban J connectivity index is 0.00000144. The lowest BCUT2D eigenvalue weighted by molar-refractivity contribution is 0.722. The van der Waals surface area contributed by atoms with Crippen molar-refractivity contribution in [3.8, 4) is 0 Å². The lowest BCUT2D eigenvalue weighted by Crippen LogP contribution is -2.16. The zero-order valence-corrected chi connectivity index (χ0v) is 8.46. The van der Waals surface area contributed by atoms with Gasteiger partial charge in [-0.3, -0.25) is 0 Å². The summed E-state index contributed by atoms with van der Waals surface area (Å²) in [5.74, 6) is 0. The van der Waals surface area contributed by atoms with Crippen molar-refractivity contribution in [2.75, 3.05) is 0 Å². The van der Waals surface area contributed by atoms with Gasteiger partial charge < -0.3 is 5.73 Å². The van der Waals surface area contributed by atoms with Crippen LogP contribution < -0.4 is 5.73 Å². The molecule has 1 aromatic rings. The maximum absolute atomic E-state index is 5.70. The molecule has 0 saturated heterocycles. The molecule has 0 fully saturated rings. The van der Waals surface area contributed by atoms with Gasteiger partial charge in [0.05, 0.1) is 0 Å². The number of aryl methyl sites for hydroxylation is 1. The van der Waals surface area contributed by atoms with E-state index in [1.807, 2.05) is 6.07 Å². The monoisotopic (exact) mass is 197 g/mol. The van der Waals surface area contributed by atoms with Gasteiger partial charge in [0, 0.05) is 6.04 Å². The average molecular weight is 198 g/mol. The minimum Gasteiger partial charge on any atom is -0.324 e. The second-order valence-corrected chi connectivity index (χ2v) is 2.92. The van der Waals surface area contributed by atoms with Crippen LogP contribution in [0.25, 0.3) is 0 Å². The predicted octanol–water partition coefficient (Wildman–Crippen LogP) is 2.55. The molecule has 0 aliphatic heterocycles. The highest BCUT2D eigenvalue weighted by Gasteiger charge is 1.96. The minimum atomic E-state index is 0. The number of rotatable bonds is 4. The lowest BCUT2D eigenvalue weighted by atomic mass is 10.1. The third-order valence-electron chi connectivity index (χ3n) is 1.91. The Labute approximate surface area is 86.1 Å². The molecule has 0 radical (unpaired) electrons. The van der Waals surface area contributed by atoms with E-state index in [-0.39, 0.29) is 18.4 Å². The van der Waals surface area contributed by atoms with Gasteiger partial charge in [-0.05, 0) is 18.4 Å². The van der Waals surface area contributed by atoms with E-state index in [4.69, 9.17) is 5.73 Å². The largest absolute Gasteiger partial charge is 0.324 e. The van der Waals surface area contributed by atoms with E-state index < -0.39 is 0 Å². The first-order chi connectivity index (χ1) is 5.83. The Morgan fingerprint density at radius 2 is 1.92 bits per heavy atom. The third-order valence-corrected chi connectivity index (χ3v) is 1.91. The molecule has 13 heavy (non-hydrogen) atoms. The maximum atomic E-state index is 5.70. The Morgan fingerprint density at radius 1 is 1.31 bits per heavy atom. The zero-order valence-electron chi connectivity index (χ0n) is 7.65. The molecular weight excluding hydrogens is 182 g/mol. The first kappa shape index (κ1) is 12.2. The first-order valence-electron chi connectivity index (χ1n) is 4.25. The van der Waals surface area contributed by atoms with Crippen molar-refractivity contribution in [2.24, 2.45) is 5.73 Å². The minimum absolute atomic E-state index is 0. The van der Waals surface area contributed by atoms with Crippen molar-refractivity contribution in [1.82, 2.24) is 0 Å². The fraction of sp³-hybridized carbons (Fsp3) is 0.273.